The van der Waals surface area contributed by atoms with Gasteiger partial charge in [-0.15, -0.1) is 0 Å². The van der Waals surface area contributed by atoms with E-state index < -0.39 is 36.5 Å². The van der Waals surface area contributed by atoms with E-state index in [1.165, 1.54) is 19.4 Å². The minimum atomic E-state index is -3.94. The zero-order valence-corrected chi connectivity index (χ0v) is 20.0. The predicted molar refractivity (Wildman–Crippen MR) is 129 cm³/mol. The topological polar surface area (TPSA) is 122 Å². The zero-order chi connectivity index (χ0) is 26.4. The first-order chi connectivity index (χ1) is 17.7. The number of benzene rings is 2. The van der Waals surface area contributed by atoms with Crippen molar-refractivity contribution in [2.24, 2.45) is 0 Å². The number of carbonyl (C=O) groups is 3. The highest BCUT2D eigenvalue weighted by Gasteiger charge is 2.40. The summed E-state index contributed by atoms with van der Waals surface area (Å²) in [6, 6.07) is 14.5. The third-order valence-corrected chi connectivity index (χ3v) is 5.97. The van der Waals surface area contributed by atoms with Gasteiger partial charge in [0.05, 0.1) is 18.9 Å². The number of aromatic amines is 1. The lowest BCUT2D eigenvalue weighted by Gasteiger charge is -2.22. The second-order valence-corrected chi connectivity index (χ2v) is 8.64. The molecule has 0 saturated carbocycles. The molecule has 4 rings (SSSR count). The number of imidazole rings is 1. The van der Waals surface area contributed by atoms with Crippen LogP contribution in [0.5, 0.6) is 0 Å². The van der Waals surface area contributed by atoms with Crippen LogP contribution < -0.4 is 10.6 Å². The Morgan fingerprint density at radius 1 is 1.05 bits per heavy atom. The Morgan fingerprint density at radius 3 is 2.30 bits per heavy atom. The second-order valence-electron chi connectivity index (χ2n) is 8.64. The minimum Gasteiger partial charge on any atom is -0.464 e. The number of amides is 2. The van der Waals surface area contributed by atoms with Crippen molar-refractivity contribution >= 4 is 18.0 Å². The summed E-state index contributed by atoms with van der Waals surface area (Å²) in [7, 11) is 0. The molecule has 0 saturated heterocycles. The van der Waals surface area contributed by atoms with E-state index >= 15 is 0 Å². The van der Waals surface area contributed by atoms with Gasteiger partial charge in [-0.3, -0.25) is 9.59 Å². The molecule has 0 unspecified atom stereocenters. The van der Waals surface area contributed by atoms with Gasteiger partial charge in [-0.1, -0.05) is 48.5 Å². The summed E-state index contributed by atoms with van der Waals surface area (Å²) < 4.78 is 39.2. The second kappa shape index (κ2) is 11.2. The number of hydrogen-bond donors (Lipinski definition) is 3. The quantitative estimate of drug-likeness (QED) is 0.359. The van der Waals surface area contributed by atoms with Crippen molar-refractivity contribution in [2.45, 2.75) is 31.2 Å². The fourth-order valence-electron chi connectivity index (χ4n) is 4.24. The number of rotatable bonds is 10. The lowest BCUT2D eigenvalue weighted by molar-refractivity contribution is -0.148. The number of hydrogen-bond acceptors (Lipinski definition) is 6. The van der Waals surface area contributed by atoms with E-state index in [2.05, 4.69) is 15.3 Å². The Bertz CT molecular complexity index is 1220. The molecule has 1 aliphatic carbocycles. The molecule has 1 heterocycles. The first kappa shape index (κ1) is 25.8. The molecule has 0 radical (unpaired) electrons. The predicted octanol–water partition coefficient (Wildman–Crippen LogP) is 3.17. The van der Waals surface area contributed by atoms with Gasteiger partial charge in [0, 0.05) is 31.2 Å². The number of fused-ring (bicyclic) bond motifs is 3. The van der Waals surface area contributed by atoms with Crippen molar-refractivity contribution < 1.29 is 32.6 Å². The highest BCUT2D eigenvalue weighted by Crippen LogP contribution is 2.44. The van der Waals surface area contributed by atoms with Gasteiger partial charge < -0.3 is 25.1 Å². The molecule has 37 heavy (non-hydrogen) atoms. The highest BCUT2D eigenvalue weighted by atomic mass is 19.3. The number of nitrogens with one attached hydrogen (secondary N) is 3. The lowest BCUT2D eigenvalue weighted by Crippen LogP contribution is -2.52. The van der Waals surface area contributed by atoms with E-state index in [9.17, 15) is 23.2 Å². The maximum absolute atomic E-state index is 14.5. The van der Waals surface area contributed by atoms with Crippen molar-refractivity contribution in [1.29, 1.82) is 0 Å². The van der Waals surface area contributed by atoms with E-state index in [0.717, 1.165) is 22.3 Å². The summed E-state index contributed by atoms with van der Waals surface area (Å²) in [5, 5.41) is 4.14. The Morgan fingerprint density at radius 2 is 1.70 bits per heavy atom. The largest absolute Gasteiger partial charge is 0.464 e. The average molecular weight is 513 g/mol. The van der Waals surface area contributed by atoms with Crippen LogP contribution in [0.4, 0.5) is 13.6 Å². The Labute approximate surface area is 211 Å². The van der Waals surface area contributed by atoms with Gasteiger partial charge in [-0.2, -0.15) is 8.78 Å². The van der Waals surface area contributed by atoms with Crippen LogP contribution in [0.1, 0.15) is 29.7 Å². The van der Waals surface area contributed by atoms with E-state index in [4.69, 9.17) is 9.47 Å². The standard InChI is InChI=1S/C26H26F2N4O5/c1-16(33)36-12-18(10-17-11-29-15-31-17)32-24(34)26(27,28)14-30-25(35)37-13-23-21-8-4-2-6-19(21)20-7-3-5-9-22(20)23/h2-9,11,15,18,23H,10,12-14H2,1H3,(H,29,31)(H,30,35)(H,32,34)/t18-/m0/s1. The van der Waals surface area contributed by atoms with E-state index in [1.807, 2.05) is 53.8 Å². The van der Waals surface area contributed by atoms with Crippen LogP contribution >= 0.6 is 0 Å². The molecule has 2 aromatic carbocycles. The number of nitrogens with zero attached hydrogens (tertiary/aromatic N) is 1. The monoisotopic (exact) mass is 512 g/mol. The summed E-state index contributed by atoms with van der Waals surface area (Å²) in [6.07, 6.45) is 1.87. The summed E-state index contributed by atoms with van der Waals surface area (Å²) in [5.74, 6) is -6.41. The molecule has 1 aliphatic rings. The Kier molecular flexibility index (Phi) is 7.80. The van der Waals surface area contributed by atoms with E-state index in [1.54, 1.807) is 0 Å². The molecule has 3 N–H and O–H groups in total. The van der Waals surface area contributed by atoms with Crippen LogP contribution in [0.2, 0.25) is 0 Å². The number of H-pyrrole nitrogens is 1. The lowest BCUT2D eigenvalue weighted by atomic mass is 9.98. The first-order valence-corrected chi connectivity index (χ1v) is 11.6. The molecule has 1 atom stereocenters. The van der Waals surface area contributed by atoms with Gasteiger partial charge in [0.25, 0.3) is 5.91 Å². The van der Waals surface area contributed by atoms with E-state index in [0.29, 0.717) is 5.69 Å². The Balaban J connectivity index is 1.31. The molecule has 11 heteroatoms. The van der Waals surface area contributed by atoms with Crippen molar-refractivity contribution in [3.05, 3.63) is 77.9 Å². The zero-order valence-electron chi connectivity index (χ0n) is 20.0. The Hall–Kier alpha value is -4.28. The highest BCUT2D eigenvalue weighted by molar-refractivity contribution is 5.84. The first-order valence-electron chi connectivity index (χ1n) is 11.6. The molecule has 0 bridgehead atoms. The average Bonchev–Trinajstić information content (AvgIpc) is 3.51. The van der Waals surface area contributed by atoms with Crippen LogP contribution in [0.25, 0.3) is 11.1 Å². The van der Waals surface area contributed by atoms with Crippen molar-refractivity contribution in [3.63, 3.8) is 0 Å². The minimum absolute atomic E-state index is 0.0493. The maximum Gasteiger partial charge on any atom is 0.407 e. The van der Waals surface area contributed by atoms with Crippen molar-refractivity contribution in [2.75, 3.05) is 19.8 Å². The number of aromatic nitrogens is 2. The van der Waals surface area contributed by atoms with Crippen molar-refractivity contribution in [3.8, 4) is 11.1 Å². The molecular weight excluding hydrogens is 486 g/mol. The number of ether oxygens (including phenoxy) is 2. The van der Waals surface area contributed by atoms with Gasteiger partial charge in [0.15, 0.2) is 0 Å². The number of alkyl carbamates (subject to hydrolysis) is 1. The van der Waals surface area contributed by atoms with Gasteiger partial charge in [0.1, 0.15) is 13.2 Å². The van der Waals surface area contributed by atoms with Crippen LogP contribution in [0.3, 0.4) is 0 Å². The summed E-state index contributed by atoms with van der Waals surface area (Å²) in [4.78, 5) is 42.3. The van der Waals surface area contributed by atoms with Crippen LogP contribution in [0, 0.1) is 0 Å². The summed E-state index contributed by atoms with van der Waals surface area (Å²) >= 11 is 0. The number of alkyl halides is 2. The molecule has 0 aliphatic heterocycles. The molecule has 0 fully saturated rings. The third-order valence-electron chi connectivity index (χ3n) is 5.97. The molecule has 194 valence electrons. The maximum atomic E-state index is 14.5. The normalized spacial score (nSPS) is 13.3. The summed E-state index contributed by atoms with van der Waals surface area (Å²) in [5.41, 5.74) is 4.59. The summed E-state index contributed by atoms with van der Waals surface area (Å²) in [6.45, 7) is -0.454. The van der Waals surface area contributed by atoms with Crippen LogP contribution in [0.15, 0.2) is 61.1 Å². The van der Waals surface area contributed by atoms with Gasteiger partial charge >= 0.3 is 18.0 Å². The third kappa shape index (κ3) is 6.29. The SMILES string of the molecule is CC(=O)OC[C@H](Cc1cnc[nH]1)NC(=O)C(F)(F)CNC(=O)OCC1c2ccccc2-c2ccccc21. The molecular formula is C26H26F2N4O5. The van der Waals surface area contributed by atoms with Crippen molar-refractivity contribution in [1.82, 2.24) is 20.6 Å². The number of halogens is 2. The van der Waals surface area contributed by atoms with Gasteiger partial charge in [0.2, 0.25) is 0 Å². The molecule has 1 aromatic heterocycles. The van der Waals surface area contributed by atoms with Crippen LogP contribution in [-0.4, -0.2) is 59.7 Å². The molecule has 0 spiro atoms. The molecule has 9 nitrogen and oxygen atoms in total. The van der Waals surface area contributed by atoms with Gasteiger partial charge in [-0.25, -0.2) is 9.78 Å². The van der Waals surface area contributed by atoms with Gasteiger partial charge in [-0.05, 0) is 22.3 Å². The fraction of sp³-hybridized carbons (Fsp3) is 0.308. The smallest absolute Gasteiger partial charge is 0.407 e. The van der Waals surface area contributed by atoms with Crippen LogP contribution in [-0.2, 0) is 25.5 Å². The number of carbonyl (C=O) groups excluding carboxylic acids is 3. The fourth-order valence-corrected chi connectivity index (χ4v) is 4.24. The molecule has 2 amide bonds. The van der Waals surface area contributed by atoms with E-state index in [-0.39, 0.29) is 25.6 Å². The number of esters is 1. The molecule has 3 aromatic rings.